The van der Waals surface area contributed by atoms with E-state index in [1.807, 2.05) is 0 Å². The second-order valence-electron chi connectivity index (χ2n) is 9.94. The maximum Gasteiger partial charge on any atom is 0.403 e. The fourth-order valence-electron chi connectivity index (χ4n) is 4.37. The molecule has 0 radical (unpaired) electrons. The summed E-state index contributed by atoms with van der Waals surface area (Å²) >= 11 is 0. The van der Waals surface area contributed by atoms with Crippen molar-refractivity contribution in [3.05, 3.63) is 29.6 Å². The molecule has 37 heavy (non-hydrogen) atoms. The van der Waals surface area contributed by atoms with Crippen LogP contribution >= 0.6 is 0 Å². The topological polar surface area (TPSA) is 133 Å². The van der Waals surface area contributed by atoms with E-state index in [0.717, 1.165) is 12.1 Å². The van der Waals surface area contributed by atoms with Crippen molar-refractivity contribution in [3.8, 4) is 0 Å². The highest BCUT2D eigenvalue weighted by Crippen LogP contribution is 2.58. The average molecular weight is 526 g/mol. The van der Waals surface area contributed by atoms with Crippen molar-refractivity contribution in [1.82, 2.24) is 16.0 Å². The molecule has 200 valence electrons. The number of anilines is 1. The van der Waals surface area contributed by atoms with E-state index in [9.17, 15) is 41.5 Å². The monoisotopic (exact) mass is 526 g/mol. The van der Waals surface area contributed by atoms with Gasteiger partial charge in [0.05, 0.1) is 17.3 Å². The van der Waals surface area contributed by atoms with Crippen molar-refractivity contribution in [2.24, 2.45) is 11.3 Å². The standard InChI is InChI=1S/C24H26F4N4O5/c1-11-8-12(19(34)29-11)9-17(18(33)21(36)30-14-3-4-14)31-20(35)15-10-13(25)2-5-16(15)32-22(37)23(6-7-23)24(26,27)28/h2,5,10-12,14,17H,3-4,6-9H2,1H3,(H,29,34)(H,30,36)(H,31,35)(H,32,37)/t11-,12?,17+/m1/s1. The first-order valence-electron chi connectivity index (χ1n) is 11.9. The van der Waals surface area contributed by atoms with Crippen LogP contribution in [0.1, 0.15) is 55.8 Å². The summed E-state index contributed by atoms with van der Waals surface area (Å²) in [5.41, 5.74) is -3.50. The van der Waals surface area contributed by atoms with Crippen molar-refractivity contribution in [1.29, 1.82) is 0 Å². The molecule has 1 aliphatic heterocycles. The van der Waals surface area contributed by atoms with Crippen LogP contribution in [0.4, 0.5) is 23.2 Å². The minimum atomic E-state index is -4.80. The number of rotatable bonds is 9. The highest BCUT2D eigenvalue weighted by Gasteiger charge is 2.68. The summed E-state index contributed by atoms with van der Waals surface area (Å²) in [4.78, 5) is 63.1. The number of halogens is 4. The lowest BCUT2D eigenvalue weighted by molar-refractivity contribution is -0.189. The Kier molecular flexibility index (Phi) is 6.99. The van der Waals surface area contributed by atoms with Gasteiger partial charge in [0.25, 0.3) is 11.8 Å². The average Bonchev–Trinajstić information content (AvgIpc) is 3.72. The first-order valence-corrected chi connectivity index (χ1v) is 11.9. The second-order valence-corrected chi connectivity index (χ2v) is 9.94. The number of hydrogen-bond donors (Lipinski definition) is 4. The highest BCUT2D eigenvalue weighted by atomic mass is 19.4. The molecule has 4 rings (SSSR count). The number of carbonyl (C=O) groups excluding carboxylic acids is 5. The maximum absolute atomic E-state index is 14.0. The third-order valence-corrected chi connectivity index (χ3v) is 6.88. The molecule has 0 bridgehead atoms. The van der Waals surface area contributed by atoms with Gasteiger partial charge in [-0.1, -0.05) is 0 Å². The van der Waals surface area contributed by atoms with Crippen molar-refractivity contribution < 1.29 is 41.5 Å². The van der Waals surface area contributed by atoms with Crippen molar-refractivity contribution in [2.45, 2.75) is 69.8 Å². The van der Waals surface area contributed by atoms with E-state index < -0.39 is 71.3 Å². The van der Waals surface area contributed by atoms with Gasteiger partial charge in [-0.2, -0.15) is 13.2 Å². The van der Waals surface area contributed by atoms with E-state index >= 15 is 0 Å². The minimum absolute atomic E-state index is 0.156. The molecule has 3 aliphatic rings. The van der Waals surface area contributed by atoms with Crippen LogP contribution in [0.15, 0.2) is 18.2 Å². The van der Waals surface area contributed by atoms with Crippen molar-refractivity contribution in [2.75, 3.05) is 5.32 Å². The van der Waals surface area contributed by atoms with Gasteiger partial charge in [0.15, 0.2) is 0 Å². The number of ketones is 1. The zero-order valence-corrected chi connectivity index (χ0v) is 19.8. The Hall–Kier alpha value is -3.51. The van der Waals surface area contributed by atoms with Gasteiger partial charge in [0.2, 0.25) is 17.6 Å². The van der Waals surface area contributed by atoms with Crippen LogP contribution in [0, 0.1) is 17.2 Å². The van der Waals surface area contributed by atoms with E-state index in [2.05, 4.69) is 21.3 Å². The van der Waals surface area contributed by atoms with Crippen LogP contribution in [-0.2, 0) is 19.2 Å². The Morgan fingerprint density at radius 3 is 2.38 bits per heavy atom. The Bertz CT molecular complexity index is 1150. The van der Waals surface area contributed by atoms with Gasteiger partial charge in [0, 0.05) is 18.0 Å². The largest absolute Gasteiger partial charge is 0.403 e. The Balaban J connectivity index is 1.55. The summed E-state index contributed by atoms with van der Waals surface area (Å²) in [6, 6.07) is 0.693. The fraction of sp³-hybridized carbons (Fsp3) is 0.542. The van der Waals surface area contributed by atoms with E-state index in [1.54, 1.807) is 6.92 Å². The number of nitrogens with one attached hydrogen (secondary N) is 4. The van der Waals surface area contributed by atoms with Gasteiger partial charge >= 0.3 is 6.18 Å². The lowest BCUT2D eigenvalue weighted by Gasteiger charge is -2.22. The molecule has 2 saturated carbocycles. The maximum atomic E-state index is 14.0. The van der Waals surface area contributed by atoms with Crippen molar-refractivity contribution in [3.63, 3.8) is 0 Å². The van der Waals surface area contributed by atoms with Gasteiger partial charge in [0.1, 0.15) is 11.2 Å². The molecule has 9 nitrogen and oxygen atoms in total. The van der Waals surface area contributed by atoms with E-state index in [1.165, 1.54) is 0 Å². The summed E-state index contributed by atoms with van der Waals surface area (Å²) in [5.74, 6) is -6.41. The second kappa shape index (κ2) is 9.75. The predicted octanol–water partition coefficient (Wildman–Crippen LogP) is 1.97. The Morgan fingerprint density at radius 1 is 1.16 bits per heavy atom. The summed E-state index contributed by atoms with van der Waals surface area (Å²) in [6.07, 6.45) is -4.10. The summed E-state index contributed by atoms with van der Waals surface area (Å²) in [7, 11) is 0. The van der Waals surface area contributed by atoms with Gasteiger partial charge in [-0.15, -0.1) is 0 Å². The molecule has 1 aromatic rings. The molecule has 4 amide bonds. The smallest absolute Gasteiger partial charge is 0.353 e. The summed E-state index contributed by atoms with van der Waals surface area (Å²) in [5, 5.41) is 9.58. The quantitative estimate of drug-likeness (QED) is 0.289. The summed E-state index contributed by atoms with van der Waals surface area (Å²) < 4.78 is 54.1. The Morgan fingerprint density at radius 2 is 1.84 bits per heavy atom. The minimum Gasteiger partial charge on any atom is -0.353 e. The van der Waals surface area contributed by atoms with E-state index in [-0.39, 0.29) is 30.1 Å². The molecule has 0 spiro atoms. The third-order valence-electron chi connectivity index (χ3n) is 6.88. The predicted molar refractivity (Wildman–Crippen MR) is 121 cm³/mol. The lowest BCUT2D eigenvalue weighted by Crippen LogP contribution is -2.49. The van der Waals surface area contributed by atoms with Crippen LogP contribution in [0.5, 0.6) is 0 Å². The van der Waals surface area contributed by atoms with Gasteiger partial charge in [-0.3, -0.25) is 24.0 Å². The van der Waals surface area contributed by atoms with Crippen molar-refractivity contribution >= 4 is 35.1 Å². The molecule has 13 heteroatoms. The van der Waals surface area contributed by atoms with Gasteiger partial charge in [-0.25, -0.2) is 4.39 Å². The van der Waals surface area contributed by atoms with Gasteiger partial charge < -0.3 is 21.3 Å². The fourth-order valence-corrected chi connectivity index (χ4v) is 4.37. The zero-order valence-electron chi connectivity index (χ0n) is 19.8. The molecule has 3 fully saturated rings. The highest BCUT2D eigenvalue weighted by molar-refractivity contribution is 6.38. The van der Waals surface area contributed by atoms with Crippen LogP contribution < -0.4 is 21.3 Å². The summed E-state index contributed by atoms with van der Waals surface area (Å²) in [6.45, 7) is 1.75. The molecule has 1 heterocycles. The van der Waals surface area contributed by atoms with E-state index in [4.69, 9.17) is 0 Å². The number of carbonyl (C=O) groups is 5. The lowest BCUT2D eigenvalue weighted by atomic mass is 9.93. The number of amides is 4. The van der Waals surface area contributed by atoms with E-state index in [0.29, 0.717) is 25.3 Å². The number of alkyl halides is 3. The number of hydrogen-bond acceptors (Lipinski definition) is 5. The molecular weight excluding hydrogens is 500 g/mol. The van der Waals surface area contributed by atoms with Crippen LogP contribution in [-0.4, -0.2) is 53.7 Å². The molecule has 1 unspecified atom stereocenters. The molecule has 3 atom stereocenters. The van der Waals surface area contributed by atoms with Crippen LogP contribution in [0.25, 0.3) is 0 Å². The number of Topliss-reactive ketones (excluding diaryl/α,β-unsaturated/α-hetero) is 1. The van der Waals surface area contributed by atoms with Crippen LogP contribution in [0.2, 0.25) is 0 Å². The molecule has 4 N–H and O–H groups in total. The third kappa shape index (κ3) is 5.75. The molecule has 0 aromatic heterocycles. The SMILES string of the molecule is C[C@@H]1CC(C[C@H](NC(=O)c2cc(F)ccc2NC(=O)C2(C(F)(F)F)CC2)C(=O)C(=O)NC2CC2)C(=O)N1. The first-order chi connectivity index (χ1) is 17.3. The molecule has 1 aromatic carbocycles. The Labute approximate surface area is 209 Å². The first kappa shape index (κ1) is 26.6. The molecular formula is C24H26F4N4O5. The zero-order chi connectivity index (χ0) is 27.1. The number of benzene rings is 1. The van der Waals surface area contributed by atoms with Gasteiger partial charge in [-0.05, 0) is 63.6 Å². The van der Waals surface area contributed by atoms with Crippen LogP contribution in [0.3, 0.4) is 0 Å². The normalized spacial score (nSPS) is 23.0. The molecule has 1 saturated heterocycles. The molecule has 2 aliphatic carbocycles.